The molecule has 0 aliphatic carbocycles. The van der Waals surface area contributed by atoms with Crippen LogP contribution in [0.2, 0.25) is 0 Å². The summed E-state index contributed by atoms with van der Waals surface area (Å²) in [4.78, 5) is 0. The van der Waals surface area contributed by atoms with Crippen molar-refractivity contribution in [2.45, 2.75) is 12.5 Å². The molecule has 1 atom stereocenters. The molecule has 0 amide bonds. The summed E-state index contributed by atoms with van der Waals surface area (Å²) < 4.78 is 14.2. The Morgan fingerprint density at radius 1 is 1.09 bits per heavy atom. The smallest absolute Gasteiger partial charge is 0.165 e. The molecule has 22 heavy (non-hydrogen) atoms. The van der Waals surface area contributed by atoms with Gasteiger partial charge in [0.05, 0.1) is 0 Å². The van der Waals surface area contributed by atoms with E-state index in [0.717, 1.165) is 10.6 Å². The Balaban J connectivity index is 2.66. The molecule has 2 aromatic rings. The summed E-state index contributed by atoms with van der Waals surface area (Å²) in [5.74, 6) is 1.61. The number of benzene rings is 2. The van der Waals surface area contributed by atoms with E-state index in [-0.39, 0.29) is 0 Å². The lowest BCUT2D eigenvalue weighted by atomic mass is 10.1. The second-order valence-electron chi connectivity index (χ2n) is 5.16. The number of rotatable bonds is 5. The lowest BCUT2D eigenvalue weighted by Gasteiger charge is -2.22. The van der Waals surface area contributed by atoms with Gasteiger partial charge in [0.25, 0.3) is 0 Å². The van der Waals surface area contributed by atoms with Crippen molar-refractivity contribution in [1.82, 2.24) is 0 Å². The average Bonchev–Trinajstić information content (AvgIpc) is 2.56. The molecule has 114 valence electrons. The van der Waals surface area contributed by atoms with Crippen LogP contribution in [-0.2, 0) is 4.57 Å². The first-order valence-corrected chi connectivity index (χ1v) is 9.43. The fraction of sp³-hybridized carbons (Fsp3) is 0.111. The van der Waals surface area contributed by atoms with Crippen molar-refractivity contribution in [3.05, 3.63) is 83.6 Å². The quantitative estimate of drug-likeness (QED) is 0.627. The van der Waals surface area contributed by atoms with Gasteiger partial charge in [-0.3, -0.25) is 0 Å². The Labute approximate surface area is 139 Å². The molecule has 2 aromatic carbocycles. The molecular weight excluding hydrogens is 359 g/mol. The molecule has 1 N–H and O–H groups in total. The maximum atomic E-state index is 13.7. The molecule has 4 heteroatoms. The molecule has 0 saturated carbocycles. The SMILES string of the molecule is C=CC(C)(O)/C(Br)=C\P(=O)(c1ccccc1)c1ccccc1. The lowest BCUT2D eigenvalue weighted by Crippen LogP contribution is -2.22. The summed E-state index contributed by atoms with van der Waals surface area (Å²) in [6, 6.07) is 18.6. The predicted molar refractivity (Wildman–Crippen MR) is 97.6 cm³/mol. The van der Waals surface area contributed by atoms with E-state index in [1.807, 2.05) is 60.7 Å². The van der Waals surface area contributed by atoms with Gasteiger partial charge in [-0.2, -0.15) is 0 Å². The third-order valence-corrected chi connectivity index (χ3v) is 7.59. The van der Waals surface area contributed by atoms with E-state index >= 15 is 0 Å². The normalized spacial score (nSPS) is 15.1. The van der Waals surface area contributed by atoms with Crippen LogP contribution < -0.4 is 10.6 Å². The standard InChI is InChI=1S/C18H18BrO2P/c1-3-18(2,20)17(19)14-22(21,15-10-6-4-7-11-15)16-12-8-5-9-13-16/h3-14,20H,1H2,2H3/b17-14+. The van der Waals surface area contributed by atoms with Crippen molar-refractivity contribution in [3.8, 4) is 0 Å². The van der Waals surface area contributed by atoms with Gasteiger partial charge in [-0.15, -0.1) is 0 Å². The Bertz CT molecular complexity index is 678. The molecule has 2 nitrogen and oxygen atoms in total. The van der Waals surface area contributed by atoms with Crippen molar-refractivity contribution in [2.75, 3.05) is 0 Å². The van der Waals surface area contributed by atoms with E-state index in [9.17, 15) is 9.67 Å². The summed E-state index contributed by atoms with van der Waals surface area (Å²) >= 11 is 3.36. The molecule has 2 rings (SSSR count). The molecule has 0 radical (unpaired) electrons. The Kier molecular flexibility index (Phi) is 5.23. The molecule has 0 saturated heterocycles. The first kappa shape index (κ1) is 17.0. The van der Waals surface area contributed by atoms with E-state index < -0.39 is 12.7 Å². The van der Waals surface area contributed by atoms with Gasteiger partial charge < -0.3 is 9.67 Å². The summed E-state index contributed by atoms with van der Waals surface area (Å²) in [7, 11) is -3.01. The molecule has 1 unspecified atom stereocenters. The summed E-state index contributed by atoms with van der Waals surface area (Å²) in [5.41, 5.74) is -1.26. The van der Waals surface area contributed by atoms with Crippen LogP contribution >= 0.6 is 23.1 Å². The van der Waals surface area contributed by atoms with E-state index in [1.54, 1.807) is 12.7 Å². The van der Waals surface area contributed by atoms with Crippen LogP contribution in [-0.4, -0.2) is 10.7 Å². The topological polar surface area (TPSA) is 37.3 Å². The molecule has 0 fully saturated rings. The van der Waals surface area contributed by atoms with Crippen molar-refractivity contribution in [1.29, 1.82) is 0 Å². The minimum Gasteiger partial charge on any atom is -0.381 e. The van der Waals surface area contributed by atoms with Gasteiger partial charge in [-0.05, 0) is 12.7 Å². The maximum absolute atomic E-state index is 13.7. The molecule has 0 heterocycles. The summed E-state index contributed by atoms with van der Waals surface area (Å²) in [6.45, 7) is 5.22. The monoisotopic (exact) mass is 376 g/mol. The van der Waals surface area contributed by atoms with Crippen LogP contribution in [0.15, 0.2) is 83.6 Å². The van der Waals surface area contributed by atoms with E-state index in [1.165, 1.54) is 6.08 Å². The number of halogens is 1. The van der Waals surface area contributed by atoms with Crippen LogP contribution in [0, 0.1) is 0 Å². The van der Waals surface area contributed by atoms with Crippen molar-refractivity contribution >= 4 is 33.7 Å². The molecule has 0 aliphatic heterocycles. The van der Waals surface area contributed by atoms with Gasteiger partial charge in [-0.25, -0.2) is 0 Å². The Morgan fingerprint density at radius 3 is 1.86 bits per heavy atom. The lowest BCUT2D eigenvalue weighted by molar-refractivity contribution is 0.161. The van der Waals surface area contributed by atoms with Gasteiger partial charge in [0, 0.05) is 15.1 Å². The zero-order valence-electron chi connectivity index (χ0n) is 12.3. The van der Waals surface area contributed by atoms with Crippen LogP contribution in [0.5, 0.6) is 0 Å². The highest BCUT2D eigenvalue weighted by Gasteiger charge is 2.29. The van der Waals surface area contributed by atoms with Crippen molar-refractivity contribution < 1.29 is 9.67 Å². The minimum atomic E-state index is -3.01. The van der Waals surface area contributed by atoms with Crippen LogP contribution in [0.4, 0.5) is 0 Å². The zero-order valence-corrected chi connectivity index (χ0v) is 14.8. The van der Waals surface area contributed by atoms with Gasteiger partial charge >= 0.3 is 0 Å². The zero-order chi connectivity index (χ0) is 16.2. The predicted octanol–water partition coefficient (Wildman–Crippen LogP) is 4.17. The second-order valence-corrected chi connectivity index (χ2v) is 8.62. The largest absolute Gasteiger partial charge is 0.381 e. The Morgan fingerprint density at radius 2 is 1.50 bits per heavy atom. The van der Waals surface area contributed by atoms with Gasteiger partial charge in [0.1, 0.15) is 5.60 Å². The van der Waals surface area contributed by atoms with Gasteiger partial charge in [-0.1, -0.05) is 89.2 Å². The highest BCUT2D eigenvalue weighted by atomic mass is 79.9. The summed E-state index contributed by atoms with van der Waals surface area (Å²) in [6.07, 6.45) is 1.41. The molecule has 0 spiro atoms. The number of aliphatic hydroxyl groups is 1. The van der Waals surface area contributed by atoms with Crippen molar-refractivity contribution in [2.24, 2.45) is 0 Å². The Hall–Kier alpha value is -1.41. The third-order valence-electron chi connectivity index (χ3n) is 3.46. The third kappa shape index (κ3) is 3.49. The highest BCUT2D eigenvalue weighted by Crippen LogP contribution is 2.48. The van der Waals surface area contributed by atoms with Crippen LogP contribution in [0.1, 0.15) is 6.92 Å². The van der Waals surface area contributed by atoms with Gasteiger partial charge in [0.15, 0.2) is 7.14 Å². The first-order chi connectivity index (χ1) is 10.4. The number of hydrogen-bond donors (Lipinski definition) is 1. The van der Waals surface area contributed by atoms with Gasteiger partial charge in [0.2, 0.25) is 0 Å². The highest BCUT2D eigenvalue weighted by molar-refractivity contribution is 9.11. The van der Waals surface area contributed by atoms with Crippen molar-refractivity contribution in [3.63, 3.8) is 0 Å². The minimum absolute atomic E-state index is 0.436. The number of hydrogen-bond acceptors (Lipinski definition) is 2. The van der Waals surface area contributed by atoms with Crippen LogP contribution in [0.3, 0.4) is 0 Å². The molecule has 0 bridgehead atoms. The molecular formula is C18H18BrO2P. The van der Waals surface area contributed by atoms with E-state index in [4.69, 9.17) is 0 Å². The van der Waals surface area contributed by atoms with E-state index in [2.05, 4.69) is 22.5 Å². The first-order valence-electron chi connectivity index (χ1n) is 6.86. The average molecular weight is 377 g/mol. The molecule has 0 aliphatic rings. The maximum Gasteiger partial charge on any atom is 0.165 e. The second kappa shape index (κ2) is 6.78. The fourth-order valence-corrected chi connectivity index (χ4v) is 5.42. The fourth-order valence-electron chi connectivity index (χ4n) is 1.98. The summed E-state index contributed by atoms with van der Waals surface area (Å²) in [5, 5.41) is 11.7. The molecule has 0 aromatic heterocycles. The van der Waals surface area contributed by atoms with E-state index in [0.29, 0.717) is 4.48 Å². The van der Waals surface area contributed by atoms with Crippen LogP contribution in [0.25, 0.3) is 0 Å².